The maximum atomic E-state index is 12.1. The van der Waals surface area contributed by atoms with Gasteiger partial charge >= 0.3 is 0 Å². The van der Waals surface area contributed by atoms with Crippen molar-refractivity contribution < 1.29 is 13.9 Å². The van der Waals surface area contributed by atoms with Gasteiger partial charge in [0, 0.05) is 5.54 Å². The average Bonchev–Trinajstić information content (AvgIpc) is 2.31. The van der Waals surface area contributed by atoms with Gasteiger partial charge in [-0.1, -0.05) is 13.3 Å². The quantitative estimate of drug-likeness (QED) is 0.562. The Kier molecular flexibility index (Phi) is 9.50. The molecule has 0 aliphatic carbocycles. The standard InChI is InChI=1S/C13H28F2N2O/c1-4-8-16-13(2,11-18)7-5-6-9-17(3)10-12(14)15/h12,16,18H,4-11H2,1-3H3. The van der Waals surface area contributed by atoms with E-state index < -0.39 is 6.43 Å². The van der Waals surface area contributed by atoms with E-state index in [1.54, 1.807) is 11.9 Å². The minimum atomic E-state index is -2.26. The Hall–Kier alpha value is -0.260. The first kappa shape index (κ1) is 17.7. The molecule has 110 valence electrons. The van der Waals surface area contributed by atoms with Crippen molar-refractivity contribution in [2.24, 2.45) is 0 Å². The molecule has 0 heterocycles. The molecular formula is C13H28F2N2O. The molecule has 0 aliphatic heterocycles. The molecule has 1 atom stereocenters. The zero-order valence-electron chi connectivity index (χ0n) is 11.9. The van der Waals surface area contributed by atoms with Crippen LogP contribution in [0.15, 0.2) is 0 Å². The Morgan fingerprint density at radius 2 is 2.00 bits per heavy atom. The molecule has 0 aromatic heterocycles. The summed E-state index contributed by atoms with van der Waals surface area (Å²) in [5.74, 6) is 0. The molecule has 0 fully saturated rings. The van der Waals surface area contributed by atoms with Gasteiger partial charge in [0.2, 0.25) is 0 Å². The van der Waals surface area contributed by atoms with E-state index in [0.29, 0.717) is 6.54 Å². The van der Waals surface area contributed by atoms with Crippen LogP contribution in [0, 0.1) is 0 Å². The van der Waals surface area contributed by atoms with E-state index in [2.05, 4.69) is 12.2 Å². The van der Waals surface area contributed by atoms with Crippen LogP contribution >= 0.6 is 0 Å². The summed E-state index contributed by atoms with van der Waals surface area (Å²) in [4.78, 5) is 1.65. The maximum absolute atomic E-state index is 12.1. The van der Waals surface area contributed by atoms with Gasteiger partial charge in [0.15, 0.2) is 0 Å². The number of halogens is 2. The highest BCUT2D eigenvalue weighted by Crippen LogP contribution is 2.13. The summed E-state index contributed by atoms with van der Waals surface area (Å²) in [5.41, 5.74) is -0.239. The lowest BCUT2D eigenvalue weighted by molar-refractivity contribution is 0.0986. The summed E-state index contributed by atoms with van der Waals surface area (Å²) in [5, 5.41) is 12.7. The number of rotatable bonds is 11. The highest BCUT2D eigenvalue weighted by molar-refractivity contribution is 4.81. The first-order chi connectivity index (χ1) is 8.43. The molecule has 0 aromatic rings. The van der Waals surface area contributed by atoms with Gasteiger partial charge < -0.3 is 15.3 Å². The fourth-order valence-electron chi connectivity index (χ4n) is 1.87. The number of aliphatic hydroxyl groups is 1. The van der Waals surface area contributed by atoms with Crippen molar-refractivity contribution in [2.45, 2.75) is 51.5 Å². The molecule has 5 heteroatoms. The Bertz CT molecular complexity index is 205. The van der Waals surface area contributed by atoms with Gasteiger partial charge in [-0.05, 0) is 46.3 Å². The summed E-state index contributed by atoms with van der Waals surface area (Å²) < 4.78 is 24.2. The van der Waals surface area contributed by atoms with Gasteiger partial charge in [0.25, 0.3) is 6.43 Å². The Labute approximate surface area is 110 Å². The monoisotopic (exact) mass is 266 g/mol. The number of aliphatic hydroxyl groups excluding tert-OH is 1. The normalized spacial score (nSPS) is 15.3. The molecule has 0 spiro atoms. The third kappa shape index (κ3) is 8.78. The van der Waals surface area contributed by atoms with Gasteiger partial charge in [-0.3, -0.25) is 0 Å². The third-order valence-electron chi connectivity index (χ3n) is 3.12. The van der Waals surface area contributed by atoms with Crippen LogP contribution in [0.2, 0.25) is 0 Å². The summed E-state index contributed by atoms with van der Waals surface area (Å²) >= 11 is 0. The van der Waals surface area contributed by atoms with Gasteiger partial charge in [-0.25, -0.2) is 8.78 Å². The predicted octanol–water partition coefficient (Wildman–Crippen LogP) is 2.10. The van der Waals surface area contributed by atoms with E-state index in [1.165, 1.54) is 0 Å². The molecule has 2 N–H and O–H groups in total. The van der Waals surface area contributed by atoms with E-state index in [0.717, 1.165) is 32.2 Å². The van der Waals surface area contributed by atoms with Gasteiger partial charge in [-0.2, -0.15) is 0 Å². The molecule has 0 bridgehead atoms. The minimum absolute atomic E-state index is 0.111. The number of unbranched alkanes of at least 4 members (excludes halogenated alkanes) is 1. The first-order valence-corrected chi connectivity index (χ1v) is 6.76. The SMILES string of the molecule is CCCNC(C)(CO)CCCCN(C)CC(F)F. The molecule has 3 nitrogen and oxygen atoms in total. The minimum Gasteiger partial charge on any atom is -0.394 e. The van der Waals surface area contributed by atoms with Gasteiger partial charge in [0.05, 0.1) is 13.2 Å². The van der Waals surface area contributed by atoms with Crippen LogP contribution in [0.4, 0.5) is 8.78 Å². The van der Waals surface area contributed by atoms with E-state index in [4.69, 9.17) is 0 Å². The predicted molar refractivity (Wildman–Crippen MR) is 71.1 cm³/mol. The lowest BCUT2D eigenvalue weighted by Crippen LogP contribution is -2.46. The Balaban J connectivity index is 3.73. The zero-order valence-corrected chi connectivity index (χ0v) is 11.9. The highest BCUT2D eigenvalue weighted by atomic mass is 19.3. The highest BCUT2D eigenvalue weighted by Gasteiger charge is 2.21. The molecule has 0 aliphatic rings. The second kappa shape index (κ2) is 9.64. The molecule has 0 amide bonds. The summed E-state index contributed by atoms with van der Waals surface area (Å²) in [6.45, 7) is 5.61. The number of alkyl halides is 2. The average molecular weight is 266 g/mol. The molecule has 18 heavy (non-hydrogen) atoms. The maximum Gasteiger partial charge on any atom is 0.251 e. The molecule has 0 rings (SSSR count). The third-order valence-corrected chi connectivity index (χ3v) is 3.12. The second-order valence-electron chi connectivity index (χ2n) is 5.26. The molecule has 0 saturated carbocycles. The van der Waals surface area contributed by atoms with E-state index in [9.17, 15) is 13.9 Å². The molecule has 1 unspecified atom stereocenters. The number of hydrogen-bond acceptors (Lipinski definition) is 3. The molecule has 0 radical (unpaired) electrons. The van der Waals surface area contributed by atoms with Crippen LogP contribution in [-0.2, 0) is 0 Å². The summed E-state index contributed by atoms with van der Waals surface area (Å²) in [6.07, 6.45) is 1.45. The molecule has 0 aromatic carbocycles. The van der Waals surface area contributed by atoms with Crippen molar-refractivity contribution in [1.82, 2.24) is 10.2 Å². The van der Waals surface area contributed by atoms with Gasteiger partial charge in [0.1, 0.15) is 0 Å². The van der Waals surface area contributed by atoms with Crippen molar-refractivity contribution >= 4 is 0 Å². The van der Waals surface area contributed by atoms with Crippen LogP contribution in [0.25, 0.3) is 0 Å². The topological polar surface area (TPSA) is 35.5 Å². The number of nitrogens with one attached hydrogen (secondary N) is 1. The van der Waals surface area contributed by atoms with Crippen LogP contribution < -0.4 is 5.32 Å². The molecule has 0 saturated heterocycles. The van der Waals surface area contributed by atoms with Crippen molar-refractivity contribution in [2.75, 3.05) is 33.3 Å². The fraction of sp³-hybridized carbons (Fsp3) is 1.00. The lowest BCUT2D eigenvalue weighted by Gasteiger charge is -2.29. The number of hydrogen-bond donors (Lipinski definition) is 2. The lowest BCUT2D eigenvalue weighted by atomic mass is 9.95. The first-order valence-electron chi connectivity index (χ1n) is 6.76. The van der Waals surface area contributed by atoms with Crippen molar-refractivity contribution in [3.8, 4) is 0 Å². The largest absolute Gasteiger partial charge is 0.394 e. The summed E-state index contributed by atoms with van der Waals surface area (Å²) in [6, 6.07) is 0. The van der Waals surface area contributed by atoms with Gasteiger partial charge in [-0.15, -0.1) is 0 Å². The number of nitrogens with zero attached hydrogens (tertiary/aromatic N) is 1. The Morgan fingerprint density at radius 3 is 2.50 bits per heavy atom. The van der Waals surface area contributed by atoms with Crippen LogP contribution in [0.5, 0.6) is 0 Å². The van der Waals surface area contributed by atoms with Crippen molar-refractivity contribution in [1.29, 1.82) is 0 Å². The smallest absolute Gasteiger partial charge is 0.251 e. The van der Waals surface area contributed by atoms with Crippen molar-refractivity contribution in [3.63, 3.8) is 0 Å². The zero-order chi connectivity index (χ0) is 14.0. The molecular weight excluding hydrogens is 238 g/mol. The van der Waals surface area contributed by atoms with Crippen LogP contribution in [-0.4, -0.2) is 55.3 Å². The van der Waals surface area contributed by atoms with Crippen LogP contribution in [0.1, 0.15) is 39.5 Å². The van der Waals surface area contributed by atoms with E-state index >= 15 is 0 Å². The fourth-order valence-corrected chi connectivity index (χ4v) is 1.87. The van der Waals surface area contributed by atoms with E-state index in [1.807, 2.05) is 6.92 Å². The second-order valence-corrected chi connectivity index (χ2v) is 5.26. The Morgan fingerprint density at radius 1 is 1.33 bits per heavy atom. The summed E-state index contributed by atoms with van der Waals surface area (Å²) in [7, 11) is 1.72. The van der Waals surface area contributed by atoms with E-state index in [-0.39, 0.29) is 18.7 Å². The van der Waals surface area contributed by atoms with Crippen molar-refractivity contribution in [3.05, 3.63) is 0 Å². The van der Waals surface area contributed by atoms with Crippen LogP contribution in [0.3, 0.4) is 0 Å².